The molecule has 1 aromatic heterocycles. The summed E-state index contributed by atoms with van der Waals surface area (Å²) in [6.07, 6.45) is -9.36. The molecular weight excluding hydrogens is 410 g/mol. The van der Waals surface area contributed by atoms with Crippen LogP contribution in [0, 0.1) is 0 Å². The maximum Gasteiger partial charge on any atom is 0.408 e. The molecule has 1 aliphatic carbocycles. The SMILES string of the molecule is [B]C1(O)CCCC(c2nc(N[C@H](C)C(F)(F)F)nc(N[C@H](C)C(F)(F)F)n2)=C1F. The highest BCUT2D eigenvalue weighted by Crippen LogP contribution is 2.37. The molecule has 3 atom stereocenters. The lowest BCUT2D eigenvalue weighted by Gasteiger charge is -2.29. The molecule has 3 N–H and O–H groups in total. The molecule has 2 radical (unpaired) electrons. The Morgan fingerprint density at radius 1 is 0.966 bits per heavy atom. The van der Waals surface area contributed by atoms with E-state index in [1.54, 1.807) is 0 Å². The molecule has 2 rings (SSSR count). The zero-order valence-corrected chi connectivity index (χ0v) is 15.3. The molecule has 1 unspecified atom stereocenters. The largest absolute Gasteiger partial charge is 0.408 e. The van der Waals surface area contributed by atoms with Crippen LogP contribution in [0.4, 0.5) is 42.6 Å². The number of aliphatic hydroxyl groups is 1. The molecular formula is C15H17BF7N5O. The van der Waals surface area contributed by atoms with E-state index in [0.29, 0.717) is 0 Å². The van der Waals surface area contributed by atoms with E-state index >= 15 is 0 Å². The predicted molar refractivity (Wildman–Crippen MR) is 90.7 cm³/mol. The highest BCUT2D eigenvalue weighted by atomic mass is 19.4. The lowest BCUT2D eigenvalue weighted by molar-refractivity contribution is -0.139. The highest BCUT2D eigenvalue weighted by Gasteiger charge is 2.39. The van der Waals surface area contributed by atoms with Gasteiger partial charge in [-0.2, -0.15) is 41.3 Å². The third-order valence-corrected chi connectivity index (χ3v) is 4.21. The zero-order valence-electron chi connectivity index (χ0n) is 15.3. The van der Waals surface area contributed by atoms with Gasteiger partial charge in [-0.25, -0.2) is 4.39 Å². The Hall–Kier alpha value is -2.12. The van der Waals surface area contributed by atoms with E-state index in [-0.39, 0.29) is 24.8 Å². The smallest absolute Gasteiger partial charge is 0.393 e. The number of hydrogen-bond acceptors (Lipinski definition) is 6. The van der Waals surface area contributed by atoms with Gasteiger partial charge < -0.3 is 15.7 Å². The summed E-state index contributed by atoms with van der Waals surface area (Å²) in [5.41, 5.74) is -2.66. The lowest BCUT2D eigenvalue weighted by Crippen LogP contribution is -2.36. The van der Waals surface area contributed by atoms with Crippen molar-refractivity contribution in [2.45, 2.75) is 63.0 Å². The molecule has 160 valence electrons. The van der Waals surface area contributed by atoms with Gasteiger partial charge in [0.2, 0.25) is 11.9 Å². The van der Waals surface area contributed by atoms with Crippen LogP contribution in [0.2, 0.25) is 0 Å². The predicted octanol–water partition coefficient (Wildman–Crippen LogP) is 3.32. The van der Waals surface area contributed by atoms with Gasteiger partial charge in [0.15, 0.2) is 5.82 Å². The number of allylic oxidation sites excluding steroid dienone is 1. The summed E-state index contributed by atoms with van der Waals surface area (Å²) >= 11 is 0. The lowest BCUT2D eigenvalue weighted by atomic mass is 9.71. The van der Waals surface area contributed by atoms with Gasteiger partial charge in [-0.15, -0.1) is 0 Å². The van der Waals surface area contributed by atoms with Crippen molar-refractivity contribution in [2.24, 2.45) is 0 Å². The van der Waals surface area contributed by atoms with Crippen molar-refractivity contribution in [2.75, 3.05) is 10.6 Å². The van der Waals surface area contributed by atoms with Crippen LogP contribution < -0.4 is 10.6 Å². The van der Waals surface area contributed by atoms with Crippen molar-refractivity contribution in [3.63, 3.8) is 0 Å². The molecule has 0 fully saturated rings. The standard InChI is InChI=1S/C15H17BF7N5O/c1-6(14(18,19)20)24-11-26-10(8-4-3-5-13(16,29)9(8)17)27-12(28-11)25-7(2)15(21,22)23/h6-7,29H,3-5H2,1-2H3,(H2,24,25,26,27,28)/t6-,7-,13?/m1/s1. The minimum absolute atomic E-state index is 0.0299. The Balaban J connectivity index is 2.50. The van der Waals surface area contributed by atoms with Crippen LogP contribution >= 0.6 is 0 Å². The average Bonchev–Trinajstić information content (AvgIpc) is 2.55. The van der Waals surface area contributed by atoms with Gasteiger partial charge in [-0.1, -0.05) is 0 Å². The minimum Gasteiger partial charge on any atom is -0.393 e. The number of aromatic nitrogens is 3. The van der Waals surface area contributed by atoms with Gasteiger partial charge in [0.25, 0.3) is 0 Å². The fourth-order valence-electron chi connectivity index (χ4n) is 2.42. The van der Waals surface area contributed by atoms with Crippen molar-refractivity contribution in [1.82, 2.24) is 15.0 Å². The molecule has 0 saturated heterocycles. The topological polar surface area (TPSA) is 83.0 Å². The van der Waals surface area contributed by atoms with Crippen LogP contribution in [0.25, 0.3) is 5.57 Å². The normalized spacial score (nSPS) is 23.0. The van der Waals surface area contributed by atoms with Gasteiger partial charge in [-0.3, -0.25) is 0 Å². The molecule has 0 amide bonds. The van der Waals surface area contributed by atoms with Crippen molar-refractivity contribution in [3.05, 3.63) is 11.7 Å². The Morgan fingerprint density at radius 2 is 1.41 bits per heavy atom. The number of anilines is 2. The van der Waals surface area contributed by atoms with E-state index in [0.717, 1.165) is 13.8 Å². The molecule has 1 heterocycles. The monoisotopic (exact) mass is 427 g/mol. The van der Waals surface area contributed by atoms with Crippen LogP contribution in [0.1, 0.15) is 38.9 Å². The molecule has 0 bridgehead atoms. The summed E-state index contributed by atoms with van der Waals surface area (Å²) in [6, 6.07) is -4.30. The molecule has 14 heteroatoms. The molecule has 1 aliphatic rings. The summed E-state index contributed by atoms with van der Waals surface area (Å²) in [6.45, 7) is 1.49. The van der Waals surface area contributed by atoms with E-state index in [9.17, 15) is 35.8 Å². The molecule has 0 aromatic carbocycles. The Labute approximate surface area is 162 Å². The number of halogens is 7. The number of hydrogen-bond donors (Lipinski definition) is 3. The average molecular weight is 427 g/mol. The molecule has 0 saturated carbocycles. The first kappa shape index (κ1) is 23.2. The summed E-state index contributed by atoms with van der Waals surface area (Å²) in [4.78, 5) is 10.9. The third kappa shape index (κ3) is 5.70. The summed E-state index contributed by atoms with van der Waals surface area (Å²) in [5.74, 6) is -3.18. The van der Waals surface area contributed by atoms with Crippen molar-refractivity contribution < 1.29 is 35.8 Å². The Kier molecular flexibility index (Phi) is 6.36. The van der Waals surface area contributed by atoms with Gasteiger partial charge in [0.1, 0.15) is 25.8 Å². The van der Waals surface area contributed by atoms with E-state index < -0.39 is 53.5 Å². The van der Waals surface area contributed by atoms with E-state index in [1.165, 1.54) is 0 Å². The number of nitrogens with one attached hydrogen (secondary N) is 2. The van der Waals surface area contributed by atoms with Gasteiger partial charge in [0, 0.05) is 5.57 Å². The van der Waals surface area contributed by atoms with Crippen LogP contribution in [0.3, 0.4) is 0 Å². The van der Waals surface area contributed by atoms with E-state index in [1.807, 2.05) is 10.6 Å². The molecule has 1 aromatic rings. The van der Waals surface area contributed by atoms with Crippen LogP contribution in [0.15, 0.2) is 5.83 Å². The molecule has 29 heavy (non-hydrogen) atoms. The van der Waals surface area contributed by atoms with Crippen molar-refractivity contribution in [1.29, 1.82) is 0 Å². The maximum absolute atomic E-state index is 14.5. The number of alkyl halides is 6. The van der Waals surface area contributed by atoms with E-state index in [4.69, 9.17) is 7.85 Å². The Bertz CT molecular complexity index is 741. The van der Waals surface area contributed by atoms with Crippen molar-refractivity contribution >= 4 is 25.3 Å². The summed E-state index contributed by atoms with van der Waals surface area (Å²) in [7, 11) is 5.42. The second-order valence-corrected chi connectivity index (χ2v) is 6.69. The first-order chi connectivity index (χ1) is 13.1. The Morgan fingerprint density at radius 3 is 1.83 bits per heavy atom. The fourth-order valence-corrected chi connectivity index (χ4v) is 2.42. The molecule has 0 aliphatic heterocycles. The first-order valence-electron chi connectivity index (χ1n) is 8.44. The van der Waals surface area contributed by atoms with Gasteiger partial charge in [0.05, 0.1) is 5.50 Å². The van der Waals surface area contributed by atoms with Crippen LogP contribution in [-0.4, -0.2) is 57.8 Å². The van der Waals surface area contributed by atoms with Gasteiger partial charge in [-0.05, 0) is 33.1 Å². The highest BCUT2D eigenvalue weighted by molar-refractivity contribution is 6.17. The molecule has 6 nitrogen and oxygen atoms in total. The number of rotatable bonds is 5. The van der Waals surface area contributed by atoms with Gasteiger partial charge >= 0.3 is 12.4 Å². The second-order valence-electron chi connectivity index (χ2n) is 6.69. The zero-order chi connectivity index (χ0) is 22.2. The number of nitrogens with zero attached hydrogens (tertiary/aromatic N) is 3. The summed E-state index contributed by atoms with van der Waals surface area (Å²) < 4.78 is 91.3. The fraction of sp³-hybridized carbons (Fsp3) is 0.667. The third-order valence-electron chi connectivity index (χ3n) is 4.21. The van der Waals surface area contributed by atoms with Crippen molar-refractivity contribution in [3.8, 4) is 0 Å². The minimum atomic E-state index is -4.70. The second kappa shape index (κ2) is 7.96. The van der Waals surface area contributed by atoms with E-state index in [2.05, 4.69) is 15.0 Å². The van der Waals surface area contributed by atoms with Crippen LogP contribution in [-0.2, 0) is 0 Å². The first-order valence-corrected chi connectivity index (χ1v) is 8.44. The molecule has 0 spiro atoms. The summed E-state index contributed by atoms with van der Waals surface area (Å²) in [5, 5.41) is 13.7. The maximum atomic E-state index is 14.5. The quantitative estimate of drug-likeness (QED) is 0.494. The van der Waals surface area contributed by atoms with Crippen LogP contribution in [0.5, 0.6) is 0 Å².